The van der Waals surface area contributed by atoms with Gasteiger partial charge in [-0.2, -0.15) is 0 Å². The van der Waals surface area contributed by atoms with Crippen molar-refractivity contribution in [1.82, 2.24) is 0 Å². The van der Waals surface area contributed by atoms with Crippen molar-refractivity contribution < 1.29 is 10.2 Å². The van der Waals surface area contributed by atoms with E-state index < -0.39 is 5.41 Å². The van der Waals surface area contributed by atoms with Crippen LogP contribution in [0.15, 0.2) is 44.7 Å². The Balaban J connectivity index is 2.40. The topological polar surface area (TPSA) is 40.5 Å². The van der Waals surface area contributed by atoms with Gasteiger partial charge in [-0.25, -0.2) is 0 Å². The first-order valence-electron chi connectivity index (χ1n) is 5.81. The molecular formula is C14H14Br2O2S. The quantitative estimate of drug-likeness (QED) is 0.795. The second-order valence-electron chi connectivity index (χ2n) is 4.48. The molecule has 0 atom stereocenters. The normalized spacial score (nSPS) is 11.8. The van der Waals surface area contributed by atoms with Crippen LogP contribution in [0.1, 0.15) is 10.4 Å². The average molecular weight is 406 g/mol. The monoisotopic (exact) mass is 404 g/mol. The zero-order valence-electron chi connectivity index (χ0n) is 10.1. The van der Waals surface area contributed by atoms with E-state index in [1.807, 2.05) is 35.7 Å². The van der Waals surface area contributed by atoms with Crippen molar-refractivity contribution >= 4 is 43.2 Å². The number of aliphatic hydroxyl groups is 2. The zero-order chi connectivity index (χ0) is 13.9. The van der Waals surface area contributed by atoms with Crippen LogP contribution in [0.3, 0.4) is 0 Å². The van der Waals surface area contributed by atoms with E-state index in [0.29, 0.717) is 6.42 Å². The first-order chi connectivity index (χ1) is 9.11. The summed E-state index contributed by atoms with van der Waals surface area (Å²) in [5.74, 6) is 0. The molecule has 0 unspecified atom stereocenters. The van der Waals surface area contributed by atoms with E-state index in [1.54, 1.807) is 11.3 Å². The van der Waals surface area contributed by atoms with Crippen LogP contribution < -0.4 is 0 Å². The first-order valence-corrected chi connectivity index (χ1v) is 8.27. The maximum atomic E-state index is 9.82. The van der Waals surface area contributed by atoms with Gasteiger partial charge >= 0.3 is 0 Å². The molecule has 2 N–H and O–H groups in total. The number of hydrogen-bond acceptors (Lipinski definition) is 3. The van der Waals surface area contributed by atoms with Gasteiger partial charge in [-0.05, 0) is 51.5 Å². The molecule has 0 aliphatic carbocycles. The van der Waals surface area contributed by atoms with Crippen LogP contribution in [0.25, 0.3) is 0 Å². The molecule has 0 amide bonds. The van der Waals surface area contributed by atoms with E-state index in [-0.39, 0.29) is 13.2 Å². The Morgan fingerprint density at radius 3 is 2.37 bits per heavy atom. The Morgan fingerprint density at radius 1 is 1.11 bits per heavy atom. The van der Waals surface area contributed by atoms with Gasteiger partial charge in [-0.3, -0.25) is 0 Å². The van der Waals surface area contributed by atoms with Crippen molar-refractivity contribution in [3.05, 3.63) is 55.1 Å². The van der Waals surface area contributed by atoms with Gasteiger partial charge < -0.3 is 10.2 Å². The molecule has 1 heterocycles. The highest BCUT2D eigenvalue weighted by atomic mass is 79.9. The SMILES string of the molecule is OCC(CO)(Cc1sccc1Br)c1cccc(Br)c1. The number of benzene rings is 1. The lowest BCUT2D eigenvalue weighted by atomic mass is 9.78. The summed E-state index contributed by atoms with van der Waals surface area (Å²) < 4.78 is 1.97. The molecule has 102 valence electrons. The van der Waals surface area contributed by atoms with Gasteiger partial charge in [0, 0.05) is 19.2 Å². The van der Waals surface area contributed by atoms with Crippen molar-refractivity contribution in [2.75, 3.05) is 13.2 Å². The minimum atomic E-state index is -0.656. The fourth-order valence-corrected chi connectivity index (χ4v) is 4.06. The van der Waals surface area contributed by atoms with Crippen molar-refractivity contribution in [1.29, 1.82) is 0 Å². The van der Waals surface area contributed by atoms with E-state index >= 15 is 0 Å². The number of halogens is 2. The van der Waals surface area contributed by atoms with Crippen LogP contribution in [-0.2, 0) is 11.8 Å². The van der Waals surface area contributed by atoms with Gasteiger partial charge in [0.1, 0.15) is 0 Å². The number of rotatable bonds is 5. The lowest BCUT2D eigenvalue weighted by Crippen LogP contribution is -2.37. The molecule has 0 aliphatic heterocycles. The number of hydrogen-bond donors (Lipinski definition) is 2. The minimum Gasteiger partial charge on any atom is -0.395 e. The molecule has 19 heavy (non-hydrogen) atoms. The van der Waals surface area contributed by atoms with Crippen LogP contribution >= 0.6 is 43.2 Å². The molecule has 0 radical (unpaired) electrons. The maximum Gasteiger partial charge on any atom is 0.0553 e. The predicted molar refractivity (Wildman–Crippen MR) is 85.7 cm³/mol. The van der Waals surface area contributed by atoms with Crippen LogP contribution in [0.5, 0.6) is 0 Å². The third-order valence-electron chi connectivity index (χ3n) is 3.23. The Morgan fingerprint density at radius 2 is 1.84 bits per heavy atom. The van der Waals surface area contributed by atoms with Crippen molar-refractivity contribution in [3.8, 4) is 0 Å². The molecule has 5 heteroatoms. The second-order valence-corrected chi connectivity index (χ2v) is 7.25. The molecule has 0 saturated carbocycles. The summed E-state index contributed by atoms with van der Waals surface area (Å²) in [7, 11) is 0. The van der Waals surface area contributed by atoms with Gasteiger partial charge in [0.05, 0.1) is 13.2 Å². The van der Waals surface area contributed by atoms with Gasteiger partial charge in [-0.1, -0.05) is 28.1 Å². The summed E-state index contributed by atoms with van der Waals surface area (Å²) in [5, 5.41) is 21.6. The predicted octanol–water partition coefficient (Wildman–Crippen LogP) is 3.74. The van der Waals surface area contributed by atoms with Gasteiger partial charge in [0.2, 0.25) is 0 Å². The Hall–Kier alpha value is -0.200. The van der Waals surface area contributed by atoms with E-state index in [4.69, 9.17) is 0 Å². The molecule has 1 aromatic carbocycles. The van der Waals surface area contributed by atoms with Crippen molar-refractivity contribution in [3.63, 3.8) is 0 Å². The highest BCUT2D eigenvalue weighted by Gasteiger charge is 2.32. The molecule has 0 aliphatic rings. The van der Waals surface area contributed by atoms with Crippen molar-refractivity contribution in [2.45, 2.75) is 11.8 Å². The van der Waals surface area contributed by atoms with Gasteiger partial charge in [0.25, 0.3) is 0 Å². The summed E-state index contributed by atoms with van der Waals surface area (Å²) in [6.07, 6.45) is 0.606. The molecule has 2 nitrogen and oxygen atoms in total. The van der Waals surface area contributed by atoms with Crippen LogP contribution in [0, 0.1) is 0 Å². The molecular weight excluding hydrogens is 392 g/mol. The van der Waals surface area contributed by atoms with E-state index in [0.717, 1.165) is 19.4 Å². The van der Waals surface area contributed by atoms with Crippen LogP contribution in [0.4, 0.5) is 0 Å². The Labute approximate surface area is 133 Å². The summed E-state index contributed by atoms with van der Waals surface area (Å²) in [4.78, 5) is 1.13. The fraction of sp³-hybridized carbons (Fsp3) is 0.286. The fourth-order valence-electron chi connectivity index (χ4n) is 2.02. The molecule has 2 aromatic rings. The molecule has 0 bridgehead atoms. The van der Waals surface area contributed by atoms with Crippen LogP contribution in [0.2, 0.25) is 0 Å². The van der Waals surface area contributed by atoms with Crippen LogP contribution in [-0.4, -0.2) is 23.4 Å². The lowest BCUT2D eigenvalue weighted by Gasteiger charge is -2.30. The molecule has 0 fully saturated rings. The molecule has 0 spiro atoms. The summed E-state index contributed by atoms with van der Waals surface area (Å²) in [6.45, 7) is -0.186. The number of thiophene rings is 1. The van der Waals surface area contributed by atoms with E-state index in [1.165, 1.54) is 0 Å². The Kier molecular flexibility index (Phi) is 5.20. The first kappa shape index (κ1) is 15.2. The lowest BCUT2D eigenvalue weighted by molar-refractivity contribution is 0.116. The van der Waals surface area contributed by atoms with E-state index in [2.05, 4.69) is 31.9 Å². The summed E-state index contributed by atoms with van der Waals surface area (Å²) >= 11 is 8.56. The average Bonchev–Trinajstić information content (AvgIpc) is 2.81. The van der Waals surface area contributed by atoms with Gasteiger partial charge in [0.15, 0.2) is 0 Å². The molecule has 1 aromatic heterocycles. The summed E-state index contributed by atoms with van der Waals surface area (Å²) in [5.41, 5.74) is 0.282. The van der Waals surface area contributed by atoms with Gasteiger partial charge in [-0.15, -0.1) is 11.3 Å². The highest BCUT2D eigenvalue weighted by molar-refractivity contribution is 9.10. The molecule has 2 rings (SSSR count). The third-order valence-corrected chi connectivity index (χ3v) is 5.65. The Bertz CT molecular complexity index is 550. The molecule has 0 saturated heterocycles. The largest absolute Gasteiger partial charge is 0.395 e. The summed E-state index contributed by atoms with van der Waals surface area (Å²) in [6, 6.07) is 9.74. The minimum absolute atomic E-state index is 0.0930. The maximum absolute atomic E-state index is 9.82. The number of aliphatic hydroxyl groups excluding tert-OH is 2. The smallest absolute Gasteiger partial charge is 0.0553 e. The third kappa shape index (κ3) is 3.28. The van der Waals surface area contributed by atoms with Crippen molar-refractivity contribution in [2.24, 2.45) is 0 Å². The zero-order valence-corrected chi connectivity index (χ0v) is 14.1. The van der Waals surface area contributed by atoms with E-state index in [9.17, 15) is 10.2 Å². The standard InChI is InChI=1S/C14H14Br2O2S/c15-11-3-1-2-10(6-11)14(8-17,9-18)7-13-12(16)4-5-19-13/h1-6,17-18H,7-9H2. The highest BCUT2D eigenvalue weighted by Crippen LogP contribution is 2.34. The second kappa shape index (κ2) is 6.50.